The van der Waals surface area contributed by atoms with E-state index in [1.807, 2.05) is 22.8 Å². The van der Waals surface area contributed by atoms with Gasteiger partial charge >= 0.3 is 0 Å². The third kappa shape index (κ3) is 2.31. The minimum absolute atomic E-state index is 0.494. The molecular formula is C13H16ClN3O. The van der Waals surface area contributed by atoms with Crippen LogP contribution >= 0.6 is 11.6 Å². The van der Waals surface area contributed by atoms with Crippen molar-refractivity contribution in [2.24, 2.45) is 5.92 Å². The lowest BCUT2D eigenvalue weighted by Gasteiger charge is -2.08. The van der Waals surface area contributed by atoms with Gasteiger partial charge in [0.15, 0.2) is 0 Å². The number of imidazole rings is 1. The van der Waals surface area contributed by atoms with Crippen LogP contribution in [-0.4, -0.2) is 22.8 Å². The minimum atomic E-state index is 0.494. The molecule has 1 fully saturated rings. The van der Waals surface area contributed by atoms with Crippen LogP contribution in [0.3, 0.4) is 0 Å². The van der Waals surface area contributed by atoms with Gasteiger partial charge in [-0.25, -0.2) is 4.98 Å². The summed E-state index contributed by atoms with van der Waals surface area (Å²) in [4.78, 5) is 4.30. The first kappa shape index (κ1) is 11.8. The summed E-state index contributed by atoms with van der Waals surface area (Å²) in [6.45, 7) is 2.20. The zero-order chi connectivity index (χ0) is 12.5. The quantitative estimate of drug-likeness (QED) is 0.846. The molecule has 0 amide bonds. The highest BCUT2D eigenvalue weighted by atomic mass is 35.5. The molecule has 0 radical (unpaired) electrons. The third-order valence-corrected chi connectivity index (χ3v) is 3.56. The highest BCUT2D eigenvalue weighted by Crippen LogP contribution is 2.29. The van der Waals surface area contributed by atoms with E-state index in [1.165, 1.54) is 12.8 Å². The third-order valence-electron chi connectivity index (χ3n) is 3.26. The number of ether oxygens (including phenoxy) is 1. The van der Waals surface area contributed by atoms with Crippen molar-refractivity contribution in [1.82, 2.24) is 9.55 Å². The lowest BCUT2D eigenvalue weighted by molar-refractivity contribution is 0.118. The van der Waals surface area contributed by atoms with Crippen molar-refractivity contribution in [3.8, 4) is 0 Å². The van der Waals surface area contributed by atoms with E-state index in [0.717, 1.165) is 23.6 Å². The molecule has 96 valence electrons. The number of para-hydroxylation sites is 1. The summed E-state index contributed by atoms with van der Waals surface area (Å²) in [7, 11) is 0. The normalized spacial score (nSPS) is 15.4. The van der Waals surface area contributed by atoms with E-state index in [4.69, 9.17) is 22.1 Å². The molecule has 1 aliphatic carbocycles. The number of aromatic nitrogens is 2. The Balaban J connectivity index is 1.75. The number of nitrogens with zero attached hydrogens (tertiary/aromatic N) is 2. The fourth-order valence-corrected chi connectivity index (χ4v) is 2.35. The van der Waals surface area contributed by atoms with Gasteiger partial charge in [0.1, 0.15) is 0 Å². The van der Waals surface area contributed by atoms with Crippen molar-refractivity contribution < 1.29 is 4.74 Å². The van der Waals surface area contributed by atoms with Gasteiger partial charge in [0.25, 0.3) is 0 Å². The topological polar surface area (TPSA) is 53.1 Å². The van der Waals surface area contributed by atoms with Crippen molar-refractivity contribution in [2.45, 2.75) is 19.4 Å². The maximum Gasteiger partial charge on any atom is 0.201 e. The zero-order valence-electron chi connectivity index (χ0n) is 10.1. The van der Waals surface area contributed by atoms with Crippen molar-refractivity contribution in [3.63, 3.8) is 0 Å². The smallest absolute Gasteiger partial charge is 0.201 e. The Labute approximate surface area is 111 Å². The van der Waals surface area contributed by atoms with Crippen molar-refractivity contribution in [2.75, 3.05) is 18.9 Å². The summed E-state index contributed by atoms with van der Waals surface area (Å²) in [5, 5.41) is 0.680. The van der Waals surface area contributed by atoms with E-state index in [1.54, 1.807) is 0 Å². The molecule has 1 saturated carbocycles. The predicted octanol–water partition coefficient (Wildman–Crippen LogP) is 2.70. The number of benzene rings is 1. The molecule has 5 heteroatoms. The monoisotopic (exact) mass is 265 g/mol. The second kappa shape index (κ2) is 4.78. The molecule has 1 aliphatic rings. The Morgan fingerprint density at radius 1 is 1.44 bits per heavy atom. The van der Waals surface area contributed by atoms with Crippen LogP contribution in [0.5, 0.6) is 0 Å². The molecule has 1 heterocycles. The van der Waals surface area contributed by atoms with Gasteiger partial charge in [-0.2, -0.15) is 0 Å². The lowest BCUT2D eigenvalue weighted by Crippen LogP contribution is -2.10. The van der Waals surface area contributed by atoms with Crippen LogP contribution in [0.4, 0.5) is 5.95 Å². The Hall–Kier alpha value is -1.26. The molecule has 18 heavy (non-hydrogen) atoms. The minimum Gasteiger partial charge on any atom is -0.379 e. The predicted molar refractivity (Wildman–Crippen MR) is 72.7 cm³/mol. The first-order chi connectivity index (χ1) is 8.75. The van der Waals surface area contributed by atoms with Gasteiger partial charge < -0.3 is 15.0 Å². The molecule has 0 bridgehead atoms. The first-order valence-electron chi connectivity index (χ1n) is 6.23. The fraction of sp³-hybridized carbons (Fsp3) is 0.462. The highest BCUT2D eigenvalue weighted by molar-refractivity contribution is 6.35. The van der Waals surface area contributed by atoms with E-state index < -0.39 is 0 Å². The molecule has 0 saturated heterocycles. The summed E-state index contributed by atoms with van der Waals surface area (Å²) in [5.74, 6) is 1.28. The molecular weight excluding hydrogens is 250 g/mol. The van der Waals surface area contributed by atoms with Crippen LogP contribution in [-0.2, 0) is 11.3 Å². The molecule has 1 aromatic carbocycles. The summed E-state index contributed by atoms with van der Waals surface area (Å²) >= 11 is 6.19. The van der Waals surface area contributed by atoms with Crippen molar-refractivity contribution in [1.29, 1.82) is 0 Å². The van der Waals surface area contributed by atoms with Gasteiger partial charge in [-0.1, -0.05) is 17.7 Å². The number of nitrogen functional groups attached to an aromatic ring is 1. The number of fused-ring (bicyclic) bond motifs is 1. The largest absolute Gasteiger partial charge is 0.379 e. The number of halogens is 1. The Kier molecular flexibility index (Phi) is 3.14. The van der Waals surface area contributed by atoms with E-state index in [0.29, 0.717) is 24.1 Å². The average Bonchev–Trinajstić information content (AvgIpc) is 3.10. The molecule has 4 nitrogen and oxygen atoms in total. The van der Waals surface area contributed by atoms with Crippen molar-refractivity contribution >= 4 is 28.6 Å². The van der Waals surface area contributed by atoms with Crippen LogP contribution in [0.2, 0.25) is 5.02 Å². The molecule has 0 unspecified atom stereocenters. The van der Waals surface area contributed by atoms with Crippen LogP contribution in [0, 0.1) is 5.92 Å². The Morgan fingerprint density at radius 2 is 2.28 bits per heavy atom. The van der Waals surface area contributed by atoms with Crippen molar-refractivity contribution in [3.05, 3.63) is 23.2 Å². The fourth-order valence-electron chi connectivity index (χ4n) is 2.08. The number of nitrogens with two attached hydrogens (primary N) is 1. The van der Waals surface area contributed by atoms with Gasteiger partial charge in [-0.3, -0.25) is 0 Å². The van der Waals surface area contributed by atoms with E-state index >= 15 is 0 Å². The highest BCUT2D eigenvalue weighted by Gasteiger charge is 2.21. The SMILES string of the molecule is Nc1nc2cccc(Cl)c2n1CCOCC1CC1. The van der Waals surface area contributed by atoms with Gasteiger partial charge in [0.05, 0.1) is 22.7 Å². The molecule has 0 spiro atoms. The standard InChI is InChI=1S/C13H16ClN3O/c14-10-2-1-3-11-12(10)17(13(15)16-11)6-7-18-8-9-4-5-9/h1-3,9H,4-8H2,(H2,15,16). The molecule has 1 aromatic heterocycles. The number of hydrogen-bond acceptors (Lipinski definition) is 3. The number of anilines is 1. The van der Waals surface area contributed by atoms with Crippen LogP contribution < -0.4 is 5.73 Å². The second-order valence-electron chi connectivity index (χ2n) is 4.75. The van der Waals surface area contributed by atoms with E-state index in [-0.39, 0.29) is 0 Å². The van der Waals surface area contributed by atoms with Crippen LogP contribution in [0.15, 0.2) is 18.2 Å². The van der Waals surface area contributed by atoms with Crippen LogP contribution in [0.25, 0.3) is 11.0 Å². The molecule has 0 aliphatic heterocycles. The average molecular weight is 266 g/mol. The lowest BCUT2D eigenvalue weighted by atomic mass is 10.3. The summed E-state index contributed by atoms with van der Waals surface area (Å²) in [6, 6.07) is 5.65. The Bertz CT molecular complexity index is 563. The molecule has 0 atom stereocenters. The first-order valence-corrected chi connectivity index (χ1v) is 6.61. The van der Waals surface area contributed by atoms with Gasteiger partial charge in [0, 0.05) is 13.2 Å². The molecule has 3 rings (SSSR count). The maximum absolute atomic E-state index is 6.19. The number of rotatable bonds is 5. The van der Waals surface area contributed by atoms with Gasteiger partial charge in [-0.15, -0.1) is 0 Å². The summed E-state index contributed by atoms with van der Waals surface area (Å²) in [6.07, 6.45) is 2.62. The van der Waals surface area contributed by atoms with Gasteiger partial charge in [0.2, 0.25) is 5.95 Å². The van der Waals surface area contributed by atoms with E-state index in [2.05, 4.69) is 4.98 Å². The molecule has 2 aromatic rings. The summed E-state index contributed by atoms with van der Waals surface area (Å²) < 4.78 is 7.55. The van der Waals surface area contributed by atoms with Crippen LogP contribution in [0.1, 0.15) is 12.8 Å². The molecule has 2 N–H and O–H groups in total. The second-order valence-corrected chi connectivity index (χ2v) is 5.15. The zero-order valence-corrected chi connectivity index (χ0v) is 10.9. The maximum atomic E-state index is 6.19. The Morgan fingerprint density at radius 3 is 3.06 bits per heavy atom. The van der Waals surface area contributed by atoms with Gasteiger partial charge in [-0.05, 0) is 30.9 Å². The number of hydrogen-bond donors (Lipinski definition) is 1. The van der Waals surface area contributed by atoms with E-state index in [9.17, 15) is 0 Å². The summed E-state index contributed by atoms with van der Waals surface area (Å²) in [5.41, 5.74) is 7.64.